The van der Waals surface area contributed by atoms with Gasteiger partial charge in [0.2, 0.25) is 10.0 Å². The number of aromatic nitrogens is 2. The Morgan fingerprint density at radius 3 is 2.54 bits per heavy atom. The van der Waals surface area contributed by atoms with E-state index in [-0.39, 0.29) is 16.0 Å². The summed E-state index contributed by atoms with van der Waals surface area (Å²) in [7, 11) is -3.74. The molecule has 1 aromatic carbocycles. The molecule has 0 atom stereocenters. The summed E-state index contributed by atoms with van der Waals surface area (Å²) in [5.74, 6) is 0.111. The van der Waals surface area contributed by atoms with Crippen LogP contribution in [-0.4, -0.2) is 49.2 Å². The van der Waals surface area contributed by atoms with Gasteiger partial charge < -0.3 is 10.6 Å². The average molecular weight is 538 g/mol. The van der Waals surface area contributed by atoms with Crippen LogP contribution in [0.4, 0.5) is 5.82 Å². The molecular weight excluding hydrogens is 506 g/mol. The summed E-state index contributed by atoms with van der Waals surface area (Å²) in [4.78, 5) is 24.7. The average Bonchev–Trinajstić information content (AvgIpc) is 2.86. The fourth-order valence-electron chi connectivity index (χ4n) is 4.53. The summed E-state index contributed by atoms with van der Waals surface area (Å²) < 4.78 is 27.6. The molecular formula is C24H32ClN5O3S2. The van der Waals surface area contributed by atoms with Gasteiger partial charge in [0.15, 0.2) is 0 Å². The van der Waals surface area contributed by atoms with E-state index in [2.05, 4.69) is 26.5 Å². The third-order valence-electron chi connectivity index (χ3n) is 7.05. The molecule has 11 heteroatoms. The van der Waals surface area contributed by atoms with Crippen molar-refractivity contribution in [3.8, 4) is 0 Å². The van der Waals surface area contributed by atoms with Gasteiger partial charge in [0.25, 0.3) is 5.91 Å². The molecule has 0 unspecified atom stereocenters. The largest absolute Gasteiger partial charge is 0.355 e. The Morgan fingerprint density at radius 1 is 1.20 bits per heavy atom. The zero-order valence-corrected chi connectivity index (χ0v) is 22.3. The molecule has 1 aromatic heterocycles. The van der Waals surface area contributed by atoms with E-state index in [1.54, 1.807) is 24.5 Å². The molecule has 8 nitrogen and oxygen atoms in total. The number of halogens is 1. The summed E-state index contributed by atoms with van der Waals surface area (Å²) >= 11 is 7.80. The van der Waals surface area contributed by atoms with Gasteiger partial charge in [-0.05, 0) is 49.8 Å². The normalized spacial score (nSPS) is 18.9. The first-order valence-electron chi connectivity index (χ1n) is 12.0. The maximum atomic E-state index is 12.8. The Kier molecular flexibility index (Phi) is 8.25. The molecule has 1 saturated carbocycles. The number of carbonyl (C=O) groups excluding carboxylic acids is 1. The summed E-state index contributed by atoms with van der Waals surface area (Å²) in [6, 6.07) is 4.98. The molecule has 2 aromatic rings. The number of nitrogens with zero attached hydrogens (tertiary/aromatic N) is 3. The number of benzene rings is 1. The Labute approximate surface area is 216 Å². The van der Waals surface area contributed by atoms with E-state index in [0.29, 0.717) is 29.3 Å². The summed E-state index contributed by atoms with van der Waals surface area (Å²) in [6.07, 6.45) is 9.36. The number of sulfonamides is 1. The summed E-state index contributed by atoms with van der Waals surface area (Å²) in [5.41, 5.74) is 6.21. The highest BCUT2D eigenvalue weighted by molar-refractivity contribution is 7.99. The van der Waals surface area contributed by atoms with Crippen molar-refractivity contribution in [2.24, 2.45) is 11.1 Å². The second-order valence-electron chi connectivity index (χ2n) is 9.67. The van der Waals surface area contributed by atoms with Crippen molar-refractivity contribution >= 4 is 45.1 Å². The van der Waals surface area contributed by atoms with Gasteiger partial charge >= 0.3 is 0 Å². The van der Waals surface area contributed by atoms with Crippen LogP contribution in [-0.2, 0) is 10.0 Å². The van der Waals surface area contributed by atoms with Crippen LogP contribution in [0.15, 0.2) is 40.5 Å². The standard InChI is InChI=1S/C24H32ClN5O3S2/c1-24(16-26)10-12-30(13-11-24)20-14-28-21(15-27-20)34-19-9-5-8-18(22(19)25)23(31)29-35(32,33)17-6-3-2-4-7-17/h5,8-9,14-15,17H,2-4,6-7,10-13,16,26H2,1H3,(H,29,31). The monoisotopic (exact) mass is 537 g/mol. The van der Waals surface area contributed by atoms with Crippen LogP contribution >= 0.6 is 23.4 Å². The van der Waals surface area contributed by atoms with Gasteiger partial charge in [0.1, 0.15) is 10.8 Å². The number of piperidine rings is 1. The van der Waals surface area contributed by atoms with Crippen molar-refractivity contribution in [2.45, 2.75) is 67.0 Å². The molecule has 0 radical (unpaired) electrons. The van der Waals surface area contributed by atoms with Crippen LogP contribution in [0.2, 0.25) is 5.02 Å². The maximum absolute atomic E-state index is 12.8. The highest BCUT2D eigenvalue weighted by atomic mass is 35.5. The fraction of sp³-hybridized carbons (Fsp3) is 0.542. The van der Waals surface area contributed by atoms with Crippen molar-refractivity contribution in [3.05, 3.63) is 41.2 Å². The molecule has 1 amide bonds. The molecule has 2 heterocycles. The number of anilines is 1. The number of carbonyl (C=O) groups is 1. The molecule has 35 heavy (non-hydrogen) atoms. The minimum absolute atomic E-state index is 0.122. The first-order chi connectivity index (χ1) is 16.7. The van der Waals surface area contributed by atoms with Crippen LogP contribution in [0.1, 0.15) is 62.2 Å². The van der Waals surface area contributed by atoms with Crippen LogP contribution in [0.3, 0.4) is 0 Å². The lowest BCUT2D eigenvalue weighted by Gasteiger charge is -2.39. The molecule has 3 N–H and O–H groups in total. The van der Waals surface area contributed by atoms with E-state index in [0.717, 1.165) is 51.0 Å². The molecule has 1 aliphatic carbocycles. The Bertz CT molecular complexity index is 1150. The van der Waals surface area contributed by atoms with Gasteiger partial charge in [-0.3, -0.25) is 4.79 Å². The van der Waals surface area contributed by atoms with Crippen LogP contribution < -0.4 is 15.4 Å². The minimum Gasteiger partial charge on any atom is -0.355 e. The third kappa shape index (κ3) is 6.28. The quantitative estimate of drug-likeness (QED) is 0.538. The van der Waals surface area contributed by atoms with Gasteiger partial charge in [-0.2, -0.15) is 0 Å². The third-order valence-corrected chi connectivity index (χ3v) is 10.4. The number of hydrogen-bond donors (Lipinski definition) is 2. The van der Waals surface area contributed by atoms with E-state index in [9.17, 15) is 13.2 Å². The van der Waals surface area contributed by atoms with E-state index in [1.807, 2.05) is 0 Å². The van der Waals surface area contributed by atoms with E-state index >= 15 is 0 Å². The van der Waals surface area contributed by atoms with Crippen LogP contribution in [0, 0.1) is 5.41 Å². The predicted octanol–water partition coefficient (Wildman–Crippen LogP) is 4.24. The summed E-state index contributed by atoms with van der Waals surface area (Å²) in [5, 5.41) is 0.290. The molecule has 2 aliphatic rings. The van der Waals surface area contributed by atoms with Gasteiger partial charge in [0.05, 0.1) is 28.2 Å². The Balaban J connectivity index is 1.42. The lowest BCUT2D eigenvalue weighted by atomic mass is 9.80. The highest BCUT2D eigenvalue weighted by Gasteiger charge is 2.31. The predicted molar refractivity (Wildman–Crippen MR) is 139 cm³/mol. The molecule has 2 fully saturated rings. The molecule has 190 valence electrons. The Morgan fingerprint density at radius 2 is 1.91 bits per heavy atom. The topological polar surface area (TPSA) is 118 Å². The van der Waals surface area contributed by atoms with Crippen molar-refractivity contribution in [2.75, 3.05) is 24.5 Å². The molecule has 1 aliphatic heterocycles. The zero-order valence-electron chi connectivity index (χ0n) is 19.9. The van der Waals surface area contributed by atoms with Crippen LogP contribution in [0.5, 0.6) is 0 Å². The number of nitrogens with one attached hydrogen (secondary N) is 1. The second kappa shape index (κ2) is 11.0. The maximum Gasteiger partial charge on any atom is 0.266 e. The van der Waals surface area contributed by atoms with Crippen molar-refractivity contribution in [1.29, 1.82) is 0 Å². The van der Waals surface area contributed by atoms with E-state index in [4.69, 9.17) is 17.3 Å². The van der Waals surface area contributed by atoms with Crippen molar-refractivity contribution < 1.29 is 13.2 Å². The van der Waals surface area contributed by atoms with Crippen molar-refractivity contribution in [3.63, 3.8) is 0 Å². The number of hydrogen-bond acceptors (Lipinski definition) is 8. The lowest BCUT2D eigenvalue weighted by molar-refractivity contribution is 0.0980. The lowest BCUT2D eigenvalue weighted by Crippen LogP contribution is -2.42. The smallest absolute Gasteiger partial charge is 0.266 e. The zero-order chi connectivity index (χ0) is 25.1. The SMILES string of the molecule is CC1(CN)CCN(c2cnc(Sc3cccc(C(=O)NS(=O)(=O)C4CCCCC4)c3Cl)cn2)CC1. The number of rotatable bonds is 7. The first kappa shape index (κ1) is 26.2. The highest BCUT2D eigenvalue weighted by Crippen LogP contribution is 2.35. The van der Waals surface area contributed by atoms with Gasteiger partial charge in [0, 0.05) is 18.0 Å². The van der Waals surface area contributed by atoms with Gasteiger partial charge in [-0.25, -0.2) is 23.1 Å². The van der Waals surface area contributed by atoms with Gasteiger partial charge in [-0.1, -0.05) is 55.6 Å². The molecule has 4 rings (SSSR count). The first-order valence-corrected chi connectivity index (χ1v) is 14.7. The minimum atomic E-state index is -3.74. The van der Waals surface area contributed by atoms with E-state index in [1.165, 1.54) is 17.8 Å². The number of amides is 1. The Hall–Kier alpha value is -1.88. The molecule has 0 spiro atoms. The van der Waals surface area contributed by atoms with Gasteiger partial charge in [-0.15, -0.1) is 0 Å². The number of nitrogens with two attached hydrogens (primary N) is 1. The molecule has 1 saturated heterocycles. The van der Waals surface area contributed by atoms with E-state index < -0.39 is 21.2 Å². The van der Waals surface area contributed by atoms with Crippen molar-refractivity contribution in [1.82, 2.24) is 14.7 Å². The summed E-state index contributed by atoms with van der Waals surface area (Å²) in [6.45, 7) is 4.69. The fourth-order valence-corrected chi connectivity index (χ4v) is 7.12. The second-order valence-corrected chi connectivity index (χ2v) is 13.1. The molecule has 0 bridgehead atoms. The van der Waals surface area contributed by atoms with Crippen LogP contribution in [0.25, 0.3) is 0 Å².